The first-order valence-corrected chi connectivity index (χ1v) is 4.91. The van der Waals surface area contributed by atoms with Crippen molar-refractivity contribution in [3.63, 3.8) is 0 Å². The fourth-order valence-electron chi connectivity index (χ4n) is 1.19. The molecule has 1 nitrogen and oxygen atoms in total. The van der Waals surface area contributed by atoms with Crippen LogP contribution in [0.2, 0.25) is 5.02 Å². The summed E-state index contributed by atoms with van der Waals surface area (Å²) in [6.07, 6.45) is 2.08. The Bertz CT molecular complexity index is 325. The highest BCUT2D eigenvalue weighted by atomic mass is 35.5. The molecule has 0 N–H and O–H groups in total. The lowest BCUT2D eigenvalue weighted by Crippen LogP contribution is -2.00. The highest BCUT2D eigenvalue weighted by molar-refractivity contribution is 6.30. The summed E-state index contributed by atoms with van der Waals surface area (Å²) in [5.74, 6) is -0.402. The second kappa shape index (κ2) is 5.11. The molecule has 0 aliphatic heterocycles. The quantitative estimate of drug-likeness (QED) is 0.704. The van der Waals surface area contributed by atoms with Crippen molar-refractivity contribution in [3.05, 3.63) is 34.6 Å². The molecule has 0 aliphatic carbocycles. The molecule has 1 unspecified atom stereocenters. The SMILES string of the molecule is CC(C=O)CCc1cccc(Cl)c1F. The normalized spacial score (nSPS) is 12.5. The van der Waals surface area contributed by atoms with Gasteiger partial charge in [-0.25, -0.2) is 4.39 Å². The summed E-state index contributed by atoms with van der Waals surface area (Å²) in [7, 11) is 0. The third kappa shape index (κ3) is 2.81. The van der Waals surface area contributed by atoms with Crippen molar-refractivity contribution in [2.24, 2.45) is 5.92 Å². The van der Waals surface area contributed by atoms with Gasteiger partial charge in [0, 0.05) is 5.92 Å². The molecule has 0 saturated heterocycles. The Morgan fingerprint density at radius 2 is 2.29 bits per heavy atom. The zero-order valence-electron chi connectivity index (χ0n) is 7.97. The van der Waals surface area contributed by atoms with Crippen LogP contribution >= 0.6 is 11.6 Å². The van der Waals surface area contributed by atoms with Crippen LogP contribution in [0.4, 0.5) is 4.39 Å². The van der Waals surface area contributed by atoms with Crippen molar-refractivity contribution in [1.29, 1.82) is 0 Å². The third-order valence-electron chi connectivity index (χ3n) is 2.13. The van der Waals surface area contributed by atoms with E-state index in [1.807, 2.05) is 6.92 Å². The van der Waals surface area contributed by atoms with E-state index in [2.05, 4.69) is 0 Å². The van der Waals surface area contributed by atoms with Crippen LogP contribution in [0.3, 0.4) is 0 Å². The van der Waals surface area contributed by atoms with E-state index >= 15 is 0 Å². The number of aldehydes is 1. The van der Waals surface area contributed by atoms with Gasteiger partial charge in [0.15, 0.2) is 0 Å². The second-order valence-corrected chi connectivity index (χ2v) is 3.77. The maximum Gasteiger partial charge on any atom is 0.144 e. The van der Waals surface area contributed by atoms with Gasteiger partial charge in [-0.1, -0.05) is 30.7 Å². The Labute approximate surface area is 87.9 Å². The summed E-state index contributed by atoms with van der Waals surface area (Å²) in [5, 5.41) is 0.140. The van der Waals surface area contributed by atoms with Crippen LogP contribution < -0.4 is 0 Å². The highest BCUT2D eigenvalue weighted by Crippen LogP contribution is 2.19. The minimum Gasteiger partial charge on any atom is -0.303 e. The summed E-state index contributed by atoms with van der Waals surface area (Å²) in [4.78, 5) is 10.4. The Morgan fingerprint density at radius 1 is 1.57 bits per heavy atom. The van der Waals surface area contributed by atoms with Crippen molar-refractivity contribution in [3.8, 4) is 0 Å². The summed E-state index contributed by atoms with van der Waals surface area (Å²) >= 11 is 5.62. The van der Waals surface area contributed by atoms with Crippen molar-refractivity contribution in [2.75, 3.05) is 0 Å². The molecule has 76 valence electrons. The van der Waals surface area contributed by atoms with E-state index in [-0.39, 0.29) is 16.8 Å². The third-order valence-corrected chi connectivity index (χ3v) is 2.42. The maximum atomic E-state index is 13.3. The first kappa shape index (κ1) is 11.2. The van der Waals surface area contributed by atoms with Gasteiger partial charge < -0.3 is 4.79 Å². The Kier molecular flexibility index (Phi) is 4.08. The van der Waals surface area contributed by atoms with Crippen molar-refractivity contribution < 1.29 is 9.18 Å². The van der Waals surface area contributed by atoms with Gasteiger partial charge in [0.25, 0.3) is 0 Å². The van der Waals surface area contributed by atoms with E-state index in [9.17, 15) is 9.18 Å². The number of hydrogen-bond acceptors (Lipinski definition) is 1. The molecule has 1 atom stereocenters. The monoisotopic (exact) mass is 214 g/mol. The molecule has 0 fully saturated rings. The Morgan fingerprint density at radius 3 is 2.93 bits per heavy atom. The van der Waals surface area contributed by atoms with Crippen molar-refractivity contribution in [2.45, 2.75) is 19.8 Å². The average Bonchev–Trinajstić information content (AvgIpc) is 2.20. The molecule has 3 heteroatoms. The highest BCUT2D eigenvalue weighted by Gasteiger charge is 2.07. The Balaban J connectivity index is 2.67. The molecule has 0 bridgehead atoms. The lowest BCUT2D eigenvalue weighted by atomic mass is 10.0. The van der Waals surface area contributed by atoms with Gasteiger partial charge >= 0.3 is 0 Å². The predicted molar refractivity (Wildman–Crippen MR) is 55.0 cm³/mol. The van der Waals surface area contributed by atoms with E-state index in [0.717, 1.165) is 6.29 Å². The van der Waals surface area contributed by atoms with Crippen LogP contribution in [0, 0.1) is 11.7 Å². The van der Waals surface area contributed by atoms with Crippen LogP contribution in [-0.2, 0) is 11.2 Å². The van der Waals surface area contributed by atoms with Crippen molar-refractivity contribution in [1.82, 2.24) is 0 Å². The van der Waals surface area contributed by atoms with E-state index in [1.54, 1.807) is 12.1 Å². The zero-order chi connectivity index (χ0) is 10.6. The standard InChI is InChI=1S/C11H12ClFO/c1-8(7-14)5-6-9-3-2-4-10(12)11(9)13/h2-4,7-8H,5-6H2,1H3. The van der Waals surface area contributed by atoms with Gasteiger partial charge in [-0.15, -0.1) is 0 Å². The van der Waals surface area contributed by atoms with Gasteiger partial charge in [0.1, 0.15) is 12.1 Å². The molecule has 0 amide bonds. The largest absolute Gasteiger partial charge is 0.303 e. The van der Waals surface area contributed by atoms with E-state index in [0.29, 0.717) is 18.4 Å². The topological polar surface area (TPSA) is 17.1 Å². The first-order valence-electron chi connectivity index (χ1n) is 4.53. The maximum absolute atomic E-state index is 13.3. The number of aryl methyl sites for hydroxylation is 1. The molecule has 14 heavy (non-hydrogen) atoms. The molecule has 0 radical (unpaired) electrons. The average molecular weight is 215 g/mol. The van der Waals surface area contributed by atoms with Crippen LogP contribution in [-0.4, -0.2) is 6.29 Å². The minimum absolute atomic E-state index is 0.0339. The smallest absolute Gasteiger partial charge is 0.144 e. The van der Waals surface area contributed by atoms with Gasteiger partial charge in [0.2, 0.25) is 0 Å². The predicted octanol–water partition coefficient (Wildman–Crippen LogP) is 3.25. The van der Waals surface area contributed by atoms with Crippen LogP contribution in [0.5, 0.6) is 0 Å². The molecule has 0 aliphatic rings. The fourth-order valence-corrected chi connectivity index (χ4v) is 1.39. The van der Waals surface area contributed by atoms with Gasteiger partial charge in [-0.2, -0.15) is 0 Å². The van der Waals surface area contributed by atoms with Gasteiger partial charge in [-0.05, 0) is 24.5 Å². The molecule has 1 aromatic carbocycles. The lowest BCUT2D eigenvalue weighted by molar-refractivity contribution is -0.110. The number of carbonyl (C=O) groups is 1. The molecule has 0 heterocycles. The van der Waals surface area contributed by atoms with E-state index in [1.165, 1.54) is 6.07 Å². The van der Waals surface area contributed by atoms with E-state index < -0.39 is 0 Å². The van der Waals surface area contributed by atoms with Gasteiger partial charge in [0.05, 0.1) is 5.02 Å². The summed E-state index contributed by atoms with van der Waals surface area (Å²) in [6, 6.07) is 4.93. The molecule has 1 aromatic rings. The minimum atomic E-state index is -0.368. The molecule has 0 saturated carbocycles. The summed E-state index contributed by atoms with van der Waals surface area (Å²) < 4.78 is 13.3. The Hall–Kier alpha value is -0.890. The summed E-state index contributed by atoms with van der Waals surface area (Å²) in [5.41, 5.74) is 0.575. The second-order valence-electron chi connectivity index (χ2n) is 3.36. The first-order chi connectivity index (χ1) is 6.65. The van der Waals surface area contributed by atoms with Gasteiger partial charge in [-0.3, -0.25) is 0 Å². The molecule has 1 rings (SSSR count). The number of benzene rings is 1. The van der Waals surface area contributed by atoms with Crippen molar-refractivity contribution >= 4 is 17.9 Å². The molecule has 0 spiro atoms. The molecular weight excluding hydrogens is 203 g/mol. The number of carbonyl (C=O) groups excluding carboxylic acids is 1. The van der Waals surface area contributed by atoms with E-state index in [4.69, 9.17) is 11.6 Å². The molecular formula is C11H12ClFO. The van der Waals surface area contributed by atoms with Crippen LogP contribution in [0.25, 0.3) is 0 Å². The number of halogens is 2. The summed E-state index contributed by atoms with van der Waals surface area (Å²) in [6.45, 7) is 1.81. The fraction of sp³-hybridized carbons (Fsp3) is 0.364. The van der Waals surface area contributed by atoms with Crippen LogP contribution in [0.1, 0.15) is 18.9 Å². The number of rotatable bonds is 4. The van der Waals surface area contributed by atoms with Crippen LogP contribution in [0.15, 0.2) is 18.2 Å². The molecule has 0 aromatic heterocycles. The zero-order valence-corrected chi connectivity index (χ0v) is 8.72. The number of hydrogen-bond donors (Lipinski definition) is 0. The lowest BCUT2D eigenvalue weighted by Gasteiger charge is -2.05.